The maximum Gasteiger partial charge on any atom is 0.307 e. The molecule has 5 heteroatoms. The van der Waals surface area contributed by atoms with Crippen molar-refractivity contribution in [2.75, 3.05) is 20.3 Å². The van der Waals surface area contributed by atoms with Gasteiger partial charge in [0.2, 0.25) is 0 Å². The Hall–Kier alpha value is -2.04. The van der Waals surface area contributed by atoms with Gasteiger partial charge in [0, 0.05) is 18.2 Å². The van der Waals surface area contributed by atoms with Crippen molar-refractivity contribution in [3.63, 3.8) is 0 Å². The third kappa shape index (κ3) is 4.98. The molecule has 0 aromatic heterocycles. The van der Waals surface area contributed by atoms with Gasteiger partial charge < -0.3 is 14.4 Å². The molecule has 0 spiro atoms. The summed E-state index contributed by atoms with van der Waals surface area (Å²) in [6.07, 6.45) is 5.74. The molecule has 0 atom stereocenters. The monoisotopic (exact) mass is 333 g/mol. The molecule has 2 rings (SSSR count). The van der Waals surface area contributed by atoms with Gasteiger partial charge in [0.1, 0.15) is 5.75 Å². The van der Waals surface area contributed by atoms with Crippen LogP contribution in [0, 0.1) is 0 Å². The smallest absolute Gasteiger partial charge is 0.307 e. The number of ether oxygens (including phenoxy) is 2. The maximum atomic E-state index is 12.9. The van der Waals surface area contributed by atoms with Crippen LogP contribution >= 0.6 is 0 Å². The van der Waals surface area contributed by atoms with Crippen LogP contribution in [-0.2, 0) is 9.53 Å². The first-order valence-electron chi connectivity index (χ1n) is 8.76. The molecule has 1 amide bonds. The van der Waals surface area contributed by atoms with E-state index >= 15 is 0 Å². The molecule has 24 heavy (non-hydrogen) atoms. The number of amides is 1. The van der Waals surface area contributed by atoms with Gasteiger partial charge in [-0.05, 0) is 44.0 Å². The van der Waals surface area contributed by atoms with E-state index in [2.05, 4.69) is 0 Å². The van der Waals surface area contributed by atoms with Crippen LogP contribution in [-0.4, -0.2) is 43.1 Å². The van der Waals surface area contributed by atoms with Crippen molar-refractivity contribution in [1.29, 1.82) is 0 Å². The SMILES string of the molecule is CCOC(=O)CCN(C(=O)c1ccc(OC)cc1)C1CCCCC1. The van der Waals surface area contributed by atoms with Crippen molar-refractivity contribution in [2.24, 2.45) is 0 Å². The van der Waals surface area contributed by atoms with Crippen LogP contribution in [0.25, 0.3) is 0 Å². The Balaban J connectivity index is 2.10. The average molecular weight is 333 g/mol. The van der Waals surface area contributed by atoms with Crippen molar-refractivity contribution < 1.29 is 19.1 Å². The Bertz CT molecular complexity index is 535. The fraction of sp³-hybridized carbons (Fsp3) is 0.579. The Morgan fingerprint density at radius 2 is 1.79 bits per heavy atom. The normalized spacial score (nSPS) is 14.9. The molecule has 0 unspecified atom stereocenters. The lowest BCUT2D eigenvalue weighted by atomic mass is 9.93. The van der Waals surface area contributed by atoms with Crippen LogP contribution in [0.1, 0.15) is 55.8 Å². The summed E-state index contributed by atoms with van der Waals surface area (Å²) in [5.74, 6) is 0.456. The number of carbonyl (C=O) groups excluding carboxylic acids is 2. The molecule has 1 aliphatic rings. The fourth-order valence-electron chi connectivity index (χ4n) is 3.19. The number of rotatable bonds is 7. The third-order valence-corrected chi connectivity index (χ3v) is 4.48. The number of hydrogen-bond acceptors (Lipinski definition) is 4. The summed E-state index contributed by atoms with van der Waals surface area (Å²) in [6.45, 7) is 2.57. The van der Waals surface area contributed by atoms with Crippen LogP contribution in [0.4, 0.5) is 0 Å². The lowest BCUT2D eigenvalue weighted by molar-refractivity contribution is -0.143. The first-order chi connectivity index (χ1) is 11.7. The minimum Gasteiger partial charge on any atom is -0.497 e. The standard InChI is InChI=1S/C19H27NO4/c1-3-24-18(21)13-14-20(16-7-5-4-6-8-16)19(22)15-9-11-17(23-2)12-10-15/h9-12,16H,3-8,13-14H2,1-2H3. The summed E-state index contributed by atoms with van der Waals surface area (Å²) in [4.78, 5) is 26.5. The van der Waals surface area contributed by atoms with E-state index < -0.39 is 0 Å². The second kappa shape index (κ2) is 9.30. The average Bonchev–Trinajstić information content (AvgIpc) is 2.63. The van der Waals surface area contributed by atoms with Crippen LogP contribution < -0.4 is 4.74 Å². The molecule has 0 radical (unpaired) electrons. The summed E-state index contributed by atoms with van der Waals surface area (Å²) >= 11 is 0. The summed E-state index contributed by atoms with van der Waals surface area (Å²) in [7, 11) is 1.60. The molecule has 0 N–H and O–H groups in total. The topological polar surface area (TPSA) is 55.8 Å². The fourth-order valence-corrected chi connectivity index (χ4v) is 3.19. The zero-order valence-electron chi connectivity index (χ0n) is 14.6. The molecule has 1 aromatic carbocycles. The Kier molecular flexibility index (Phi) is 7.09. The van der Waals surface area contributed by atoms with Crippen LogP contribution in [0.2, 0.25) is 0 Å². The van der Waals surface area contributed by atoms with E-state index in [0.717, 1.165) is 31.4 Å². The van der Waals surface area contributed by atoms with E-state index in [0.29, 0.717) is 18.7 Å². The molecule has 5 nitrogen and oxygen atoms in total. The van der Waals surface area contributed by atoms with Gasteiger partial charge in [-0.2, -0.15) is 0 Å². The number of benzene rings is 1. The highest BCUT2D eigenvalue weighted by Crippen LogP contribution is 2.25. The van der Waals surface area contributed by atoms with Gasteiger partial charge in [-0.15, -0.1) is 0 Å². The van der Waals surface area contributed by atoms with Crippen molar-refractivity contribution >= 4 is 11.9 Å². The largest absolute Gasteiger partial charge is 0.497 e. The van der Waals surface area contributed by atoms with E-state index in [-0.39, 0.29) is 24.3 Å². The Morgan fingerprint density at radius 3 is 2.38 bits per heavy atom. The maximum absolute atomic E-state index is 12.9. The lowest BCUT2D eigenvalue weighted by Gasteiger charge is -2.34. The third-order valence-electron chi connectivity index (χ3n) is 4.48. The van der Waals surface area contributed by atoms with E-state index in [4.69, 9.17) is 9.47 Å². The molecule has 1 saturated carbocycles. The molecule has 132 valence electrons. The van der Waals surface area contributed by atoms with Crippen LogP contribution in [0.3, 0.4) is 0 Å². The second-order valence-electron chi connectivity index (χ2n) is 6.07. The predicted molar refractivity (Wildman–Crippen MR) is 92.2 cm³/mol. The van der Waals surface area contributed by atoms with Crippen molar-refractivity contribution in [3.05, 3.63) is 29.8 Å². The van der Waals surface area contributed by atoms with E-state index in [1.54, 1.807) is 38.3 Å². The van der Waals surface area contributed by atoms with Crippen LogP contribution in [0.5, 0.6) is 5.75 Å². The van der Waals surface area contributed by atoms with Gasteiger partial charge in [-0.3, -0.25) is 9.59 Å². The van der Waals surface area contributed by atoms with Gasteiger partial charge in [-0.25, -0.2) is 0 Å². The first-order valence-corrected chi connectivity index (χ1v) is 8.76. The molecule has 0 bridgehead atoms. The molecular weight excluding hydrogens is 306 g/mol. The molecule has 0 heterocycles. The summed E-state index contributed by atoms with van der Waals surface area (Å²) in [6, 6.07) is 7.35. The zero-order chi connectivity index (χ0) is 17.4. The van der Waals surface area contributed by atoms with E-state index in [1.165, 1.54) is 6.42 Å². The number of methoxy groups -OCH3 is 1. The van der Waals surface area contributed by atoms with Gasteiger partial charge in [0.25, 0.3) is 5.91 Å². The minimum atomic E-state index is -0.249. The molecule has 0 saturated heterocycles. The van der Waals surface area contributed by atoms with E-state index in [9.17, 15) is 9.59 Å². The number of esters is 1. The lowest BCUT2D eigenvalue weighted by Crippen LogP contribution is -2.42. The van der Waals surface area contributed by atoms with Gasteiger partial charge in [0.05, 0.1) is 20.1 Å². The molecule has 1 fully saturated rings. The molecule has 0 aliphatic heterocycles. The van der Waals surface area contributed by atoms with Gasteiger partial charge >= 0.3 is 5.97 Å². The molecular formula is C19H27NO4. The predicted octanol–water partition coefficient (Wildman–Crippen LogP) is 3.42. The van der Waals surface area contributed by atoms with Crippen molar-refractivity contribution in [1.82, 2.24) is 4.90 Å². The quantitative estimate of drug-likeness (QED) is 0.718. The number of carbonyl (C=O) groups is 2. The van der Waals surface area contributed by atoms with Gasteiger partial charge in [-0.1, -0.05) is 19.3 Å². The Labute approximate surface area is 143 Å². The minimum absolute atomic E-state index is 0.0196. The highest BCUT2D eigenvalue weighted by atomic mass is 16.5. The second-order valence-corrected chi connectivity index (χ2v) is 6.07. The van der Waals surface area contributed by atoms with Crippen molar-refractivity contribution in [3.8, 4) is 5.75 Å². The summed E-state index contributed by atoms with van der Waals surface area (Å²) < 4.78 is 10.1. The number of hydrogen-bond donors (Lipinski definition) is 0. The summed E-state index contributed by atoms with van der Waals surface area (Å²) in [5.41, 5.74) is 0.630. The van der Waals surface area contributed by atoms with E-state index in [1.807, 2.05) is 4.90 Å². The van der Waals surface area contributed by atoms with Gasteiger partial charge in [0.15, 0.2) is 0 Å². The Morgan fingerprint density at radius 1 is 1.12 bits per heavy atom. The number of nitrogens with zero attached hydrogens (tertiary/aromatic N) is 1. The summed E-state index contributed by atoms with van der Waals surface area (Å²) in [5, 5.41) is 0. The first kappa shape index (κ1) is 18.3. The molecule has 1 aromatic rings. The van der Waals surface area contributed by atoms with Crippen LogP contribution in [0.15, 0.2) is 24.3 Å². The zero-order valence-corrected chi connectivity index (χ0v) is 14.6. The highest BCUT2D eigenvalue weighted by molar-refractivity contribution is 5.94. The molecule has 1 aliphatic carbocycles. The van der Waals surface area contributed by atoms with Crippen molar-refractivity contribution in [2.45, 2.75) is 51.5 Å². The highest BCUT2D eigenvalue weighted by Gasteiger charge is 2.26.